The first-order chi connectivity index (χ1) is 21.3. The average Bonchev–Trinajstić information content (AvgIpc) is 3.66. The van der Waals surface area contributed by atoms with E-state index in [0.29, 0.717) is 23.0 Å². The normalized spacial score (nSPS) is 26.2. The molecule has 6 rings (SSSR count). The first kappa shape index (κ1) is 40.5. The minimum absolute atomic E-state index is 0. The number of ether oxygens (including phenoxy) is 3. The number of nitrogens with zero attached hydrogens (tertiary/aromatic N) is 4. The lowest BCUT2D eigenvalue weighted by Crippen LogP contribution is -2.34. The lowest BCUT2D eigenvalue weighted by Gasteiger charge is -2.21. The Morgan fingerprint density at radius 1 is 0.896 bits per heavy atom. The van der Waals surface area contributed by atoms with E-state index in [1.165, 1.54) is 11.5 Å². The Labute approximate surface area is 279 Å². The van der Waals surface area contributed by atoms with Gasteiger partial charge in [-0.25, -0.2) is 9.97 Å². The van der Waals surface area contributed by atoms with Crippen molar-refractivity contribution in [2.45, 2.75) is 91.4 Å². The fourth-order valence-corrected chi connectivity index (χ4v) is 7.19. The zero-order chi connectivity index (χ0) is 32.9. The van der Waals surface area contributed by atoms with Gasteiger partial charge in [0.25, 0.3) is 11.1 Å². The number of aliphatic hydroxyl groups is 3. The van der Waals surface area contributed by atoms with Crippen LogP contribution in [0.3, 0.4) is 0 Å². The van der Waals surface area contributed by atoms with Crippen LogP contribution in [0.1, 0.15) is 58.7 Å². The third-order valence-electron chi connectivity index (χ3n) is 7.61. The van der Waals surface area contributed by atoms with Gasteiger partial charge in [-0.15, -0.1) is 0 Å². The van der Waals surface area contributed by atoms with Gasteiger partial charge in [0.15, 0.2) is 29.9 Å². The molecular formula is C27H41N7O12S2. The number of aromatic amines is 2. The van der Waals surface area contributed by atoms with Crippen molar-refractivity contribution in [3.05, 3.63) is 51.7 Å². The van der Waals surface area contributed by atoms with Crippen molar-refractivity contribution >= 4 is 49.3 Å². The maximum Gasteiger partial charge on any atom is 0.311 e. The van der Waals surface area contributed by atoms with Gasteiger partial charge >= 0.3 is 15.7 Å². The lowest BCUT2D eigenvalue weighted by atomic mass is 9.98. The highest BCUT2D eigenvalue weighted by Crippen LogP contribution is 2.38. The van der Waals surface area contributed by atoms with E-state index in [0.717, 1.165) is 22.3 Å². The van der Waals surface area contributed by atoms with Gasteiger partial charge in [0.1, 0.15) is 39.4 Å². The number of aryl methyl sites for hydroxylation is 2. The molecule has 48 heavy (non-hydrogen) atoms. The number of carbonyl (C=O) groups is 1. The molecule has 0 bridgehead atoms. The predicted molar refractivity (Wildman–Crippen MR) is 176 cm³/mol. The molecule has 8 atom stereocenters. The van der Waals surface area contributed by atoms with Crippen LogP contribution in [0.15, 0.2) is 19.2 Å². The minimum Gasteiger partial charge on any atom is -0.457 e. The summed E-state index contributed by atoms with van der Waals surface area (Å²) in [4.78, 5) is 72.5. The molecular weight excluding hydrogens is 678 g/mol. The largest absolute Gasteiger partial charge is 0.457 e. The smallest absolute Gasteiger partial charge is 0.311 e. The van der Waals surface area contributed by atoms with Gasteiger partial charge in [-0.05, 0) is 20.3 Å². The molecule has 0 spiro atoms. The summed E-state index contributed by atoms with van der Waals surface area (Å²) in [5.41, 5.74) is -0.469. The van der Waals surface area contributed by atoms with Gasteiger partial charge in [0, 0.05) is 12.8 Å². The van der Waals surface area contributed by atoms with E-state index in [1.54, 1.807) is 13.8 Å². The summed E-state index contributed by atoms with van der Waals surface area (Å²) >= 11 is 1.49. The van der Waals surface area contributed by atoms with Crippen molar-refractivity contribution in [1.29, 1.82) is 0 Å². The van der Waals surface area contributed by atoms with Crippen LogP contribution in [0.4, 0.5) is 0 Å². The van der Waals surface area contributed by atoms with Crippen LogP contribution >= 0.6 is 22.7 Å². The number of fused-ring (bicyclic) bond motifs is 2. The summed E-state index contributed by atoms with van der Waals surface area (Å²) in [5, 5.41) is 28.9. The number of carbonyl (C=O) groups excluding carboxylic acids is 1. The maximum atomic E-state index is 12.5. The van der Waals surface area contributed by atoms with Crippen molar-refractivity contribution in [2.75, 3.05) is 6.61 Å². The summed E-state index contributed by atoms with van der Waals surface area (Å²) in [6, 6.07) is 0. The number of aromatic nitrogens is 6. The van der Waals surface area contributed by atoms with Crippen LogP contribution in [0, 0.1) is 19.8 Å². The molecule has 0 saturated carbocycles. The van der Waals surface area contributed by atoms with Gasteiger partial charge in [-0.2, -0.15) is 0 Å². The van der Waals surface area contributed by atoms with Gasteiger partial charge in [-0.1, -0.05) is 43.9 Å². The van der Waals surface area contributed by atoms with E-state index in [-0.39, 0.29) is 62.2 Å². The molecule has 4 aromatic rings. The maximum absolute atomic E-state index is 12.5. The molecule has 0 aliphatic carbocycles. The number of hydrogen-bond donors (Lipinski definition) is 6. The molecule has 2 aliphatic heterocycles. The van der Waals surface area contributed by atoms with Gasteiger partial charge < -0.3 is 51.1 Å². The summed E-state index contributed by atoms with van der Waals surface area (Å²) in [7, 11) is 0. The Bertz CT molecular complexity index is 1980. The van der Waals surface area contributed by atoms with Crippen molar-refractivity contribution in [3.8, 4) is 0 Å². The second kappa shape index (κ2) is 15.7. The summed E-state index contributed by atoms with van der Waals surface area (Å²) < 4.78 is 19.5. The van der Waals surface area contributed by atoms with E-state index < -0.39 is 59.9 Å². The van der Waals surface area contributed by atoms with E-state index >= 15 is 0 Å². The minimum atomic E-state index is -1.40. The van der Waals surface area contributed by atoms with Crippen LogP contribution in [-0.4, -0.2) is 93.0 Å². The van der Waals surface area contributed by atoms with Crippen molar-refractivity contribution in [3.63, 3.8) is 0 Å². The molecule has 6 heterocycles. The number of aliphatic hydroxyl groups excluding tert-OH is 3. The highest BCUT2D eigenvalue weighted by Gasteiger charge is 2.46. The summed E-state index contributed by atoms with van der Waals surface area (Å²) in [5.74, 6) is 0.201. The molecule has 0 amide bonds. The van der Waals surface area contributed by atoms with E-state index in [1.807, 2.05) is 13.8 Å². The molecule has 268 valence electrons. The van der Waals surface area contributed by atoms with Gasteiger partial charge in [-0.3, -0.25) is 33.1 Å². The average molecular weight is 720 g/mol. The third kappa shape index (κ3) is 7.18. The Morgan fingerprint density at radius 3 is 1.77 bits per heavy atom. The molecule has 10 N–H and O–H groups in total. The fourth-order valence-electron chi connectivity index (χ4n) is 5.50. The summed E-state index contributed by atoms with van der Waals surface area (Å²) in [6.45, 7) is 7.92. The van der Waals surface area contributed by atoms with E-state index in [9.17, 15) is 34.2 Å². The molecule has 0 aromatic carbocycles. The zero-order valence-corrected chi connectivity index (χ0v) is 27.6. The Morgan fingerprint density at radius 2 is 1.35 bits per heavy atom. The Kier molecular flexibility index (Phi) is 13.2. The molecule has 2 saturated heterocycles. The second-order valence-corrected chi connectivity index (χ2v) is 12.6. The SMILES string of the molecule is C.CC[C@H]1O[C@@H](n2c(=O)sc3c(=O)[nH]c(C)nc32)[C@H](OC(C)=O)[C@@H]1C.Cc1nc2c(sc(=O)n2[C@@H]2O[C@H](CO)[C@@H](O)[C@H]2O)c(=O)[nH]1.N.O. The molecule has 21 heteroatoms. The van der Waals surface area contributed by atoms with Crippen molar-refractivity contribution in [2.24, 2.45) is 5.92 Å². The Balaban J connectivity index is 0.000000316. The number of rotatable bonds is 5. The zero-order valence-electron chi connectivity index (χ0n) is 26.0. The lowest BCUT2D eigenvalue weighted by molar-refractivity contribution is -0.153. The van der Waals surface area contributed by atoms with Crippen LogP contribution in [0.5, 0.6) is 0 Å². The van der Waals surface area contributed by atoms with Crippen LogP contribution in [0.25, 0.3) is 20.7 Å². The summed E-state index contributed by atoms with van der Waals surface area (Å²) in [6.07, 6.45) is -5.76. The number of H-pyrrole nitrogens is 2. The third-order valence-corrected chi connectivity index (χ3v) is 9.50. The Hall–Kier alpha value is -3.67. The number of nitrogens with one attached hydrogen (secondary N) is 2. The predicted octanol–water partition coefficient (Wildman–Crippen LogP) is -0.630. The molecule has 0 unspecified atom stereocenters. The molecule has 2 fully saturated rings. The highest BCUT2D eigenvalue weighted by molar-refractivity contribution is 7.16. The quantitative estimate of drug-likeness (QED) is 0.140. The number of hydrogen-bond acceptors (Lipinski definition) is 16. The molecule has 4 aromatic heterocycles. The first-order valence-corrected chi connectivity index (χ1v) is 15.6. The second-order valence-electron chi connectivity index (χ2n) is 10.7. The first-order valence-electron chi connectivity index (χ1n) is 14.0. The van der Waals surface area contributed by atoms with Crippen molar-refractivity contribution < 1.29 is 39.8 Å². The molecule has 19 nitrogen and oxygen atoms in total. The number of esters is 1. The standard InChI is InChI=1S/C15H19N3O5S.C11H13N3O6S.CH4.H3N.H2O/c1-5-9-6(2)10(22-8(4)19)14(23-9)18-12-11(24-15(18)21)13(20)17-7(3)16-12;1-3-12-8-7(9(18)13-3)21-11(19)14(8)10-6(17)5(16)4(2-15)20-10;;;/h6,9-10,14H,5H2,1-4H3,(H,16,17,20);4-6,10,15-17H,2H2,1H3,(H,12,13,18);1H4;1H3;1H2/t6-,9-,10-,14-;4-,5-,6-,10-;;;/m11.../s1. The number of thiazole rings is 2. The highest BCUT2D eigenvalue weighted by atomic mass is 32.1. The topological polar surface area (TPSA) is 307 Å². The van der Waals surface area contributed by atoms with E-state index in [2.05, 4.69) is 19.9 Å². The van der Waals surface area contributed by atoms with Gasteiger partial charge in [0.2, 0.25) is 0 Å². The van der Waals surface area contributed by atoms with Crippen LogP contribution < -0.4 is 27.0 Å². The molecule has 0 radical (unpaired) electrons. The molecule has 2 aliphatic rings. The van der Waals surface area contributed by atoms with Gasteiger partial charge in [0.05, 0.1) is 12.7 Å². The van der Waals surface area contributed by atoms with Crippen molar-refractivity contribution in [1.82, 2.24) is 35.2 Å². The van der Waals surface area contributed by atoms with Crippen LogP contribution in [-0.2, 0) is 19.0 Å². The fraction of sp³-hybridized carbons (Fsp3) is 0.593. The van der Waals surface area contributed by atoms with E-state index in [4.69, 9.17) is 19.3 Å². The van der Waals surface area contributed by atoms with Crippen LogP contribution in [0.2, 0.25) is 0 Å². The monoisotopic (exact) mass is 719 g/mol.